The molecule has 2 nitrogen and oxygen atoms in total. The minimum absolute atomic E-state index is 0.123. The van der Waals surface area contributed by atoms with Crippen molar-refractivity contribution in [2.45, 2.75) is 39.7 Å². The van der Waals surface area contributed by atoms with Gasteiger partial charge < -0.3 is 0 Å². The number of nitrogens with zero attached hydrogens (tertiary/aromatic N) is 1. The number of hydrogen-bond donors (Lipinski definition) is 0. The van der Waals surface area contributed by atoms with Crippen molar-refractivity contribution in [3.63, 3.8) is 0 Å². The van der Waals surface area contributed by atoms with Gasteiger partial charge in [-0.25, -0.2) is 8.78 Å². The summed E-state index contributed by atoms with van der Waals surface area (Å²) in [6, 6.07) is 3.44. The van der Waals surface area contributed by atoms with Crippen molar-refractivity contribution < 1.29 is 13.6 Å². The Labute approximate surface area is 125 Å². The third-order valence-corrected chi connectivity index (χ3v) is 4.53. The Balaban J connectivity index is 1.97. The van der Waals surface area contributed by atoms with Crippen molar-refractivity contribution in [1.82, 2.24) is 4.90 Å². The maximum Gasteiger partial charge on any atom is 0.164 e. The second-order valence-corrected chi connectivity index (χ2v) is 6.38. The standard InChI is InChI=1S/C17H23F2NO/c1-11-6-12(2)13(3)20(10-11)5-4-17(21)14-7-15(18)9-16(19)8-14/h7-9,11-13H,4-6,10H2,1-3H3. The number of rotatable bonds is 4. The van der Waals surface area contributed by atoms with Crippen LogP contribution in [-0.4, -0.2) is 29.8 Å². The lowest BCUT2D eigenvalue weighted by Crippen LogP contribution is -2.46. The van der Waals surface area contributed by atoms with E-state index in [0.717, 1.165) is 24.7 Å². The molecule has 0 N–H and O–H groups in total. The van der Waals surface area contributed by atoms with Crippen LogP contribution >= 0.6 is 0 Å². The molecule has 1 aromatic carbocycles. The fourth-order valence-electron chi connectivity index (χ4n) is 3.23. The van der Waals surface area contributed by atoms with E-state index in [-0.39, 0.29) is 11.3 Å². The van der Waals surface area contributed by atoms with Gasteiger partial charge >= 0.3 is 0 Å². The first kappa shape index (κ1) is 16.1. The monoisotopic (exact) mass is 295 g/mol. The molecule has 0 spiro atoms. The smallest absolute Gasteiger partial charge is 0.164 e. The van der Waals surface area contributed by atoms with Gasteiger partial charge in [-0.3, -0.25) is 9.69 Å². The summed E-state index contributed by atoms with van der Waals surface area (Å²) in [5, 5.41) is 0. The molecule has 0 saturated carbocycles. The Morgan fingerprint density at radius 3 is 2.43 bits per heavy atom. The Kier molecular flexibility index (Phi) is 5.09. The van der Waals surface area contributed by atoms with Crippen molar-refractivity contribution in [3.05, 3.63) is 35.4 Å². The first-order valence-corrected chi connectivity index (χ1v) is 7.60. The Hall–Kier alpha value is -1.29. The summed E-state index contributed by atoms with van der Waals surface area (Å²) in [6.45, 7) is 8.27. The molecular weight excluding hydrogens is 272 g/mol. The Morgan fingerprint density at radius 2 is 1.81 bits per heavy atom. The van der Waals surface area contributed by atoms with Gasteiger partial charge in [0.05, 0.1) is 0 Å². The zero-order chi connectivity index (χ0) is 15.6. The number of hydrogen-bond acceptors (Lipinski definition) is 2. The zero-order valence-electron chi connectivity index (χ0n) is 12.9. The molecule has 1 aliphatic rings. The Morgan fingerprint density at radius 1 is 1.19 bits per heavy atom. The molecule has 0 amide bonds. The van der Waals surface area contributed by atoms with Crippen LogP contribution in [0.25, 0.3) is 0 Å². The van der Waals surface area contributed by atoms with Gasteiger partial charge in [-0.05, 0) is 37.3 Å². The van der Waals surface area contributed by atoms with E-state index in [1.807, 2.05) is 0 Å². The van der Waals surface area contributed by atoms with Crippen LogP contribution in [0.4, 0.5) is 8.78 Å². The molecule has 2 rings (SSSR count). The fraction of sp³-hybridized carbons (Fsp3) is 0.588. The average Bonchev–Trinajstić information content (AvgIpc) is 2.39. The van der Waals surface area contributed by atoms with Gasteiger partial charge in [-0.15, -0.1) is 0 Å². The first-order valence-electron chi connectivity index (χ1n) is 7.60. The van der Waals surface area contributed by atoms with E-state index < -0.39 is 11.6 Å². The van der Waals surface area contributed by atoms with Crippen molar-refractivity contribution in [1.29, 1.82) is 0 Å². The summed E-state index contributed by atoms with van der Waals surface area (Å²) in [6.07, 6.45) is 1.51. The maximum atomic E-state index is 13.1. The van der Waals surface area contributed by atoms with Crippen LogP contribution in [0, 0.1) is 23.5 Å². The van der Waals surface area contributed by atoms with Gasteiger partial charge in [0.15, 0.2) is 5.78 Å². The number of Topliss-reactive ketones (excluding diaryl/α,β-unsaturated/α-hetero) is 1. The van der Waals surface area contributed by atoms with Crippen molar-refractivity contribution in [3.8, 4) is 0 Å². The topological polar surface area (TPSA) is 20.3 Å². The SMILES string of the molecule is CC1CC(C)C(C)N(CCC(=O)c2cc(F)cc(F)c2)C1. The van der Waals surface area contributed by atoms with Gasteiger partial charge in [0.1, 0.15) is 11.6 Å². The largest absolute Gasteiger partial charge is 0.300 e. The zero-order valence-corrected chi connectivity index (χ0v) is 12.9. The van der Waals surface area contributed by atoms with Gasteiger partial charge in [0, 0.05) is 37.2 Å². The highest BCUT2D eigenvalue weighted by molar-refractivity contribution is 5.96. The second-order valence-electron chi connectivity index (χ2n) is 6.38. The molecule has 0 aliphatic carbocycles. The van der Waals surface area contributed by atoms with E-state index in [0.29, 0.717) is 30.8 Å². The van der Waals surface area contributed by atoms with Crippen LogP contribution in [0.2, 0.25) is 0 Å². The van der Waals surface area contributed by atoms with Crippen LogP contribution < -0.4 is 0 Å². The lowest BCUT2D eigenvalue weighted by molar-refractivity contribution is 0.0720. The van der Waals surface area contributed by atoms with Gasteiger partial charge in [-0.1, -0.05) is 13.8 Å². The third-order valence-electron chi connectivity index (χ3n) is 4.53. The van der Waals surface area contributed by atoms with E-state index >= 15 is 0 Å². The number of benzene rings is 1. The number of halogens is 2. The van der Waals surface area contributed by atoms with Crippen molar-refractivity contribution in [2.24, 2.45) is 11.8 Å². The lowest BCUT2D eigenvalue weighted by Gasteiger charge is -2.41. The molecule has 1 saturated heterocycles. The molecule has 1 fully saturated rings. The van der Waals surface area contributed by atoms with Crippen LogP contribution in [0.1, 0.15) is 44.0 Å². The number of carbonyl (C=O) groups excluding carboxylic acids is 1. The molecule has 116 valence electrons. The number of likely N-dealkylation sites (tertiary alicyclic amines) is 1. The van der Waals surface area contributed by atoms with E-state index in [2.05, 4.69) is 25.7 Å². The van der Waals surface area contributed by atoms with Crippen LogP contribution in [-0.2, 0) is 0 Å². The summed E-state index contributed by atoms with van der Waals surface area (Å²) in [7, 11) is 0. The molecule has 3 atom stereocenters. The molecule has 21 heavy (non-hydrogen) atoms. The molecule has 4 heteroatoms. The Bertz CT molecular complexity index is 497. The van der Waals surface area contributed by atoms with Gasteiger partial charge in [0.25, 0.3) is 0 Å². The van der Waals surface area contributed by atoms with E-state index in [1.54, 1.807) is 0 Å². The summed E-state index contributed by atoms with van der Waals surface area (Å²) in [5.74, 6) is -0.376. The summed E-state index contributed by atoms with van der Waals surface area (Å²) in [5.41, 5.74) is 0.123. The van der Waals surface area contributed by atoms with Gasteiger partial charge in [0.2, 0.25) is 0 Å². The van der Waals surface area contributed by atoms with Crippen LogP contribution in [0.15, 0.2) is 18.2 Å². The van der Waals surface area contributed by atoms with Crippen molar-refractivity contribution in [2.75, 3.05) is 13.1 Å². The molecule has 0 aromatic heterocycles. The quantitative estimate of drug-likeness (QED) is 0.785. The fourth-order valence-corrected chi connectivity index (χ4v) is 3.23. The molecule has 1 heterocycles. The average molecular weight is 295 g/mol. The molecule has 0 radical (unpaired) electrons. The number of carbonyl (C=O) groups is 1. The van der Waals surface area contributed by atoms with Crippen molar-refractivity contribution >= 4 is 5.78 Å². The third kappa shape index (κ3) is 4.10. The molecular formula is C17H23F2NO. The highest BCUT2D eigenvalue weighted by Crippen LogP contribution is 2.27. The molecule has 1 aromatic rings. The number of ketones is 1. The summed E-state index contributed by atoms with van der Waals surface area (Å²) in [4.78, 5) is 14.4. The molecule has 3 unspecified atom stereocenters. The predicted molar refractivity (Wildman–Crippen MR) is 79.3 cm³/mol. The molecule has 1 aliphatic heterocycles. The normalized spacial score (nSPS) is 26.8. The van der Waals surface area contributed by atoms with Crippen LogP contribution in [0.5, 0.6) is 0 Å². The second kappa shape index (κ2) is 6.65. The van der Waals surface area contributed by atoms with Gasteiger partial charge in [-0.2, -0.15) is 0 Å². The van der Waals surface area contributed by atoms with Crippen LogP contribution in [0.3, 0.4) is 0 Å². The highest BCUT2D eigenvalue weighted by Gasteiger charge is 2.28. The molecule has 0 bridgehead atoms. The minimum Gasteiger partial charge on any atom is -0.300 e. The maximum absolute atomic E-state index is 13.1. The highest BCUT2D eigenvalue weighted by atomic mass is 19.1. The minimum atomic E-state index is -0.702. The summed E-state index contributed by atoms with van der Waals surface area (Å²) < 4.78 is 26.3. The summed E-state index contributed by atoms with van der Waals surface area (Å²) >= 11 is 0. The number of piperidine rings is 1. The van der Waals surface area contributed by atoms with E-state index in [4.69, 9.17) is 0 Å². The first-order chi connectivity index (χ1) is 9.86. The lowest BCUT2D eigenvalue weighted by atomic mass is 9.86. The predicted octanol–water partition coefficient (Wildman–Crippen LogP) is 3.90. The van der Waals surface area contributed by atoms with E-state index in [1.165, 1.54) is 6.42 Å². The van der Waals surface area contributed by atoms with E-state index in [9.17, 15) is 13.6 Å².